The second-order valence-electron chi connectivity index (χ2n) is 4.55. The highest BCUT2D eigenvalue weighted by atomic mass is 79.9. The molecular weight excluding hydrogens is 296 g/mol. The van der Waals surface area contributed by atoms with Crippen LogP contribution in [0.4, 0.5) is 0 Å². The summed E-state index contributed by atoms with van der Waals surface area (Å²) in [6.45, 7) is 6.27. The zero-order valence-corrected chi connectivity index (χ0v) is 12.4. The molecule has 1 aromatic rings. The Morgan fingerprint density at radius 2 is 2.06 bits per heavy atom. The van der Waals surface area contributed by atoms with Crippen LogP contribution in [0.15, 0.2) is 22.7 Å². The standard InChI is InChI=1S/C13H19BrN2O2/c1-8(2)16-13(18)9(3)15-7-10-4-5-12(17)11(14)6-10/h4-6,8-9,15,17H,7H2,1-3H3,(H,16,18). The Balaban J connectivity index is 2.49. The third kappa shape index (κ3) is 4.66. The molecule has 3 N–H and O–H groups in total. The van der Waals surface area contributed by atoms with Crippen molar-refractivity contribution in [3.63, 3.8) is 0 Å². The molecule has 0 aromatic heterocycles. The van der Waals surface area contributed by atoms with Crippen LogP contribution in [0.25, 0.3) is 0 Å². The van der Waals surface area contributed by atoms with Gasteiger partial charge in [0.1, 0.15) is 5.75 Å². The number of benzene rings is 1. The summed E-state index contributed by atoms with van der Waals surface area (Å²) in [7, 11) is 0. The van der Waals surface area contributed by atoms with Crippen LogP contribution in [0.5, 0.6) is 5.75 Å². The first-order valence-corrected chi connectivity index (χ1v) is 6.70. The second-order valence-corrected chi connectivity index (χ2v) is 5.41. The van der Waals surface area contributed by atoms with Gasteiger partial charge in [0.15, 0.2) is 0 Å². The van der Waals surface area contributed by atoms with Crippen molar-refractivity contribution in [2.45, 2.75) is 39.4 Å². The Hall–Kier alpha value is -1.07. The molecule has 0 fully saturated rings. The lowest BCUT2D eigenvalue weighted by Crippen LogP contribution is -2.44. The minimum Gasteiger partial charge on any atom is -0.507 e. The second kappa shape index (κ2) is 6.75. The van der Waals surface area contributed by atoms with E-state index in [0.717, 1.165) is 5.56 Å². The highest BCUT2D eigenvalue weighted by Gasteiger charge is 2.12. The largest absolute Gasteiger partial charge is 0.507 e. The molecule has 4 nitrogen and oxygen atoms in total. The van der Waals surface area contributed by atoms with Gasteiger partial charge < -0.3 is 15.7 Å². The first-order valence-electron chi connectivity index (χ1n) is 5.91. The SMILES string of the molecule is CC(C)NC(=O)C(C)NCc1ccc(O)c(Br)c1. The maximum Gasteiger partial charge on any atom is 0.237 e. The zero-order valence-electron chi connectivity index (χ0n) is 10.8. The smallest absolute Gasteiger partial charge is 0.237 e. The maximum absolute atomic E-state index is 11.7. The molecule has 0 aliphatic heterocycles. The van der Waals surface area contributed by atoms with Gasteiger partial charge in [0.2, 0.25) is 5.91 Å². The fourth-order valence-electron chi connectivity index (χ4n) is 1.43. The number of amides is 1. The minimum absolute atomic E-state index is 0.0113. The number of carbonyl (C=O) groups is 1. The molecule has 1 amide bonds. The molecule has 0 saturated carbocycles. The van der Waals surface area contributed by atoms with Gasteiger partial charge in [-0.3, -0.25) is 4.79 Å². The average Bonchev–Trinajstić information content (AvgIpc) is 2.29. The molecule has 1 atom stereocenters. The van der Waals surface area contributed by atoms with Gasteiger partial charge in [-0.25, -0.2) is 0 Å². The number of aromatic hydroxyl groups is 1. The van der Waals surface area contributed by atoms with E-state index in [2.05, 4.69) is 26.6 Å². The van der Waals surface area contributed by atoms with Crippen LogP contribution in [-0.4, -0.2) is 23.1 Å². The molecule has 0 radical (unpaired) electrons. The van der Waals surface area contributed by atoms with Crippen molar-refractivity contribution in [1.82, 2.24) is 10.6 Å². The summed E-state index contributed by atoms with van der Waals surface area (Å²) >= 11 is 3.26. The van der Waals surface area contributed by atoms with Crippen molar-refractivity contribution in [2.75, 3.05) is 0 Å². The van der Waals surface area contributed by atoms with Gasteiger partial charge in [-0.15, -0.1) is 0 Å². The molecule has 0 spiro atoms. The van der Waals surface area contributed by atoms with Gasteiger partial charge in [0.05, 0.1) is 10.5 Å². The predicted molar refractivity (Wildman–Crippen MR) is 75.4 cm³/mol. The van der Waals surface area contributed by atoms with E-state index in [4.69, 9.17) is 0 Å². The first-order chi connectivity index (χ1) is 8.40. The molecule has 5 heteroatoms. The molecule has 1 unspecified atom stereocenters. The average molecular weight is 315 g/mol. The molecule has 1 rings (SSSR count). The fraction of sp³-hybridized carbons (Fsp3) is 0.462. The van der Waals surface area contributed by atoms with Crippen LogP contribution < -0.4 is 10.6 Å². The molecule has 1 aromatic carbocycles. The van der Waals surface area contributed by atoms with E-state index in [1.807, 2.05) is 32.9 Å². The van der Waals surface area contributed by atoms with Gasteiger partial charge in [-0.05, 0) is 54.4 Å². The number of hydrogen-bond acceptors (Lipinski definition) is 3. The first kappa shape index (κ1) is 15.0. The molecule has 100 valence electrons. The lowest BCUT2D eigenvalue weighted by Gasteiger charge is -2.16. The van der Waals surface area contributed by atoms with E-state index in [-0.39, 0.29) is 23.7 Å². The van der Waals surface area contributed by atoms with Crippen LogP contribution in [0.1, 0.15) is 26.3 Å². The van der Waals surface area contributed by atoms with Crippen molar-refractivity contribution >= 4 is 21.8 Å². The maximum atomic E-state index is 11.7. The molecule has 18 heavy (non-hydrogen) atoms. The number of hydrogen-bond donors (Lipinski definition) is 3. The monoisotopic (exact) mass is 314 g/mol. The number of nitrogens with one attached hydrogen (secondary N) is 2. The number of halogens is 1. The number of carbonyl (C=O) groups excluding carboxylic acids is 1. The van der Waals surface area contributed by atoms with Crippen LogP contribution in [0, 0.1) is 0 Å². The van der Waals surface area contributed by atoms with Crippen molar-refractivity contribution in [1.29, 1.82) is 0 Å². The van der Waals surface area contributed by atoms with E-state index in [1.54, 1.807) is 6.07 Å². The topological polar surface area (TPSA) is 61.4 Å². The highest BCUT2D eigenvalue weighted by molar-refractivity contribution is 9.10. The van der Waals surface area contributed by atoms with E-state index < -0.39 is 0 Å². The quantitative estimate of drug-likeness (QED) is 0.780. The molecular formula is C13H19BrN2O2. The van der Waals surface area contributed by atoms with Gasteiger partial charge in [-0.1, -0.05) is 6.07 Å². The lowest BCUT2D eigenvalue weighted by molar-refractivity contribution is -0.123. The lowest BCUT2D eigenvalue weighted by atomic mass is 10.2. The molecule has 0 aliphatic carbocycles. The molecule has 0 saturated heterocycles. The Kier molecular flexibility index (Phi) is 5.62. The Labute approximate surface area is 116 Å². The van der Waals surface area contributed by atoms with Gasteiger partial charge in [-0.2, -0.15) is 0 Å². The summed E-state index contributed by atoms with van der Waals surface area (Å²) in [5, 5.41) is 15.4. The van der Waals surface area contributed by atoms with Crippen LogP contribution >= 0.6 is 15.9 Å². The molecule has 0 bridgehead atoms. The van der Waals surface area contributed by atoms with Crippen molar-refractivity contribution in [3.05, 3.63) is 28.2 Å². The third-order valence-electron chi connectivity index (χ3n) is 2.45. The van der Waals surface area contributed by atoms with E-state index >= 15 is 0 Å². The summed E-state index contributed by atoms with van der Waals surface area (Å²) in [4.78, 5) is 11.7. The summed E-state index contributed by atoms with van der Waals surface area (Å²) in [5.74, 6) is 0.201. The zero-order chi connectivity index (χ0) is 13.7. The minimum atomic E-state index is -0.250. The number of phenolic OH excluding ortho intramolecular Hbond substituents is 1. The highest BCUT2D eigenvalue weighted by Crippen LogP contribution is 2.24. The number of rotatable bonds is 5. The molecule has 0 heterocycles. The normalized spacial score (nSPS) is 12.5. The summed E-state index contributed by atoms with van der Waals surface area (Å²) in [6, 6.07) is 5.17. The van der Waals surface area contributed by atoms with Gasteiger partial charge in [0.25, 0.3) is 0 Å². The van der Waals surface area contributed by atoms with Crippen molar-refractivity contribution in [2.24, 2.45) is 0 Å². The Morgan fingerprint density at radius 1 is 1.39 bits per heavy atom. The van der Waals surface area contributed by atoms with Gasteiger partial charge in [0, 0.05) is 12.6 Å². The van der Waals surface area contributed by atoms with Crippen LogP contribution in [-0.2, 0) is 11.3 Å². The number of phenols is 1. The van der Waals surface area contributed by atoms with Gasteiger partial charge >= 0.3 is 0 Å². The predicted octanol–water partition coefficient (Wildman–Crippen LogP) is 2.16. The van der Waals surface area contributed by atoms with Crippen LogP contribution in [0.2, 0.25) is 0 Å². The van der Waals surface area contributed by atoms with Crippen molar-refractivity contribution < 1.29 is 9.90 Å². The van der Waals surface area contributed by atoms with Crippen LogP contribution in [0.3, 0.4) is 0 Å². The fourth-order valence-corrected chi connectivity index (χ4v) is 1.86. The third-order valence-corrected chi connectivity index (χ3v) is 3.08. The summed E-state index contributed by atoms with van der Waals surface area (Å²) in [6.07, 6.45) is 0. The van der Waals surface area contributed by atoms with E-state index in [1.165, 1.54) is 0 Å². The van der Waals surface area contributed by atoms with E-state index in [9.17, 15) is 9.90 Å². The summed E-state index contributed by atoms with van der Waals surface area (Å²) < 4.78 is 0.654. The molecule has 0 aliphatic rings. The Morgan fingerprint density at radius 3 is 2.61 bits per heavy atom. The van der Waals surface area contributed by atoms with Crippen molar-refractivity contribution in [3.8, 4) is 5.75 Å². The Bertz CT molecular complexity index is 421. The summed E-state index contributed by atoms with van der Waals surface area (Å²) in [5.41, 5.74) is 1.00. The van der Waals surface area contributed by atoms with E-state index in [0.29, 0.717) is 11.0 Å².